The molecule has 1 amide bonds. The van der Waals surface area contributed by atoms with Crippen LogP contribution in [0.3, 0.4) is 0 Å². The highest BCUT2D eigenvalue weighted by Crippen LogP contribution is 2.42. The maximum Gasteiger partial charge on any atom is 0.316 e. The molecule has 2 rings (SSSR count). The number of allylic oxidation sites excluding steroid dienone is 1. The van der Waals surface area contributed by atoms with E-state index in [-0.39, 0.29) is 17.8 Å². The van der Waals surface area contributed by atoms with Crippen molar-refractivity contribution in [2.75, 3.05) is 12.3 Å². The Bertz CT molecular complexity index is 371. The smallest absolute Gasteiger partial charge is 0.316 e. The summed E-state index contributed by atoms with van der Waals surface area (Å²) in [6.07, 6.45) is 3.38. The van der Waals surface area contributed by atoms with Gasteiger partial charge in [-0.2, -0.15) is 0 Å². The number of fused-ring (bicyclic) bond motifs is 1. The zero-order valence-corrected chi connectivity index (χ0v) is 9.74. The van der Waals surface area contributed by atoms with Crippen molar-refractivity contribution in [3.05, 3.63) is 12.2 Å². The van der Waals surface area contributed by atoms with E-state index in [9.17, 15) is 14.7 Å². The van der Waals surface area contributed by atoms with E-state index in [1.54, 1.807) is 24.0 Å². The molecular weight excluding hydrogens is 228 g/mol. The van der Waals surface area contributed by atoms with Gasteiger partial charge in [0.25, 0.3) is 0 Å². The highest BCUT2D eigenvalue weighted by molar-refractivity contribution is 8.00. The number of thioether (sulfide) groups is 1. The number of carbonyl (C=O) groups is 2. The molecule has 0 spiro atoms. The molecule has 3 N–H and O–H groups in total. The van der Waals surface area contributed by atoms with Crippen LogP contribution in [0, 0.1) is 5.41 Å². The van der Waals surface area contributed by atoms with E-state index in [0.29, 0.717) is 5.75 Å². The van der Waals surface area contributed by atoms with E-state index in [1.807, 2.05) is 0 Å². The zero-order chi connectivity index (χ0) is 11.9. The molecule has 3 atom stereocenters. The van der Waals surface area contributed by atoms with E-state index in [2.05, 4.69) is 0 Å². The Labute approximate surface area is 97.7 Å². The molecule has 88 valence electrons. The zero-order valence-electron chi connectivity index (χ0n) is 8.92. The van der Waals surface area contributed by atoms with Crippen molar-refractivity contribution in [2.24, 2.45) is 11.1 Å². The number of rotatable bonds is 2. The molecule has 0 aromatic carbocycles. The maximum atomic E-state index is 11.5. The van der Waals surface area contributed by atoms with E-state index in [1.165, 1.54) is 11.8 Å². The van der Waals surface area contributed by atoms with Crippen LogP contribution in [-0.4, -0.2) is 45.6 Å². The van der Waals surface area contributed by atoms with Crippen LogP contribution >= 0.6 is 11.8 Å². The Morgan fingerprint density at radius 2 is 2.44 bits per heavy atom. The third-order valence-electron chi connectivity index (χ3n) is 3.06. The number of nitrogens with two attached hydrogens (primary N) is 1. The van der Waals surface area contributed by atoms with Crippen LogP contribution < -0.4 is 5.73 Å². The lowest BCUT2D eigenvalue weighted by Gasteiger charge is -2.52. The lowest BCUT2D eigenvalue weighted by atomic mass is 9.87. The molecule has 6 heteroatoms. The monoisotopic (exact) mass is 242 g/mol. The summed E-state index contributed by atoms with van der Waals surface area (Å²) < 4.78 is 0. The number of β-lactam (4-membered cyclic amide) rings is 1. The van der Waals surface area contributed by atoms with E-state index >= 15 is 0 Å². The molecule has 2 unspecified atom stereocenters. The van der Waals surface area contributed by atoms with Gasteiger partial charge < -0.3 is 15.7 Å². The van der Waals surface area contributed by atoms with Crippen molar-refractivity contribution in [1.29, 1.82) is 0 Å². The van der Waals surface area contributed by atoms with E-state index < -0.39 is 17.4 Å². The van der Waals surface area contributed by atoms with Crippen molar-refractivity contribution in [3.8, 4) is 0 Å². The average Bonchev–Trinajstić information content (AvgIpc) is 2.28. The minimum absolute atomic E-state index is 0.0368. The second-order valence-electron chi connectivity index (χ2n) is 4.15. The largest absolute Gasteiger partial charge is 0.481 e. The second kappa shape index (κ2) is 3.78. The van der Waals surface area contributed by atoms with Crippen molar-refractivity contribution in [1.82, 2.24) is 4.90 Å². The number of aliphatic carboxylic acids is 1. The van der Waals surface area contributed by atoms with Gasteiger partial charge >= 0.3 is 5.97 Å². The van der Waals surface area contributed by atoms with Crippen molar-refractivity contribution in [3.63, 3.8) is 0 Å². The fourth-order valence-corrected chi connectivity index (χ4v) is 3.58. The molecule has 2 aliphatic heterocycles. The number of carboxylic acid groups (broad SMARTS) is 1. The summed E-state index contributed by atoms with van der Waals surface area (Å²) in [5.74, 6) is -0.563. The normalized spacial score (nSPS) is 38.4. The van der Waals surface area contributed by atoms with Crippen LogP contribution in [0.25, 0.3) is 0 Å². The van der Waals surface area contributed by atoms with Gasteiger partial charge in [0.1, 0.15) is 16.8 Å². The van der Waals surface area contributed by atoms with Crippen LogP contribution in [-0.2, 0) is 9.59 Å². The first-order valence-corrected chi connectivity index (χ1v) is 6.11. The first kappa shape index (κ1) is 11.5. The second-order valence-corrected chi connectivity index (χ2v) is 5.26. The Hall–Kier alpha value is -1.01. The third kappa shape index (κ3) is 1.44. The fourth-order valence-electron chi connectivity index (χ4n) is 2.12. The summed E-state index contributed by atoms with van der Waals surface area (Å²) in [6, 6.07) is -0.456. The standard InChI is InChI=1S/C10H14N2O3S/c1-2-3-10(9(14)15)4-12-7(13)6(11)8(12)16-5-10/h2-3,6,8H,4-5,11H2,1H3,(H,14,15)/t6?,8-,10?/m1/s1. The van der Waals surface area contributed by atoms with Crippen LogP contribution in [0.4, 0.5) is 0 Å². The number of hydrogen-bond acceptors (Lipinski definition) is 4. The van der Waals surface area contributed by atoms with Crippen LogP contribution in [0.2, 0.25) is 0 Å². The molecule has 0 aliphatic carbocycles. The van der Waals surface area contributed by atoms with Crippen LogP contribution in [0.1, 0.15) is 6.92 Å². The van der Waals surface area contributed by atoms with Gasteiger partial charge in [0.05, 0.1) is 0 Å². The van der Waals surface area contributed by atoms with Gasteiger partial charge in [0.15, 0.2) is 0 Å². The Balaban J connectivity index is 2.20. The Kier molecular flexibility index (Phi) is 2.71. The highest BCUT2D eigenvalue weighted by atomic mass is 32.2. The predicted octanol–water partition coefficient (Wildman–Crippen LogP) is -0.124. The first-order valence-electron chi connectivity index (χ1n) is 5.07. The molecule has 0 saturated carbocycles. The van der Waals surface area contributed by atoms with Gasteiger partial charge in [-0.15, -0.1) is 11.8 Å². The number of hydrogen-bond donors (Lipinski definition) is 2. The van der Waals surface area contributed by atoms with Gasteiger partial charge in [-0.05, 0) is 6.92 Å². The van der Waals surface area contributed by atoms with Gasteiger partial charge in [0.2, 0.25) is 5.91 Å². The molecule has 0 aromatic rings. The van der Waals surface area contributed by atoms with Crippen molar-refractivity contribution >= 4 is 23.6 Å². The molecule has 0 bridgehead atoms. The Morgan fingerprint density at radius 1 is 1.75 bits per heavy atom. The van der Waals surface area contributed by atoms with Crippen LogP contribution in [0.5, 0.6) is 0 Å². The van der Waals surface area contributed by atoms with Gasteiger partial charge in [-0.1, -0.05) is 12.2 Å². The Morgan fingerprint density at radius 3 is 3.00 bits per heavy atom. The third-order valence-corrected chi connectivity index (χ3v) is 4.63. The first-order chi connectivity index (χ1) is 7.52. The topological polar surface area (TPSA) is 83.6 Å². The quantitative estimate of drug-likeness (QED) is 0.521. The molecule has 2 aliphatic rings. The maximum absolute atomic E-state index is 11.5. The minimum Gasteiger partial charge on any atom is -0.481 e. The number of carboxylic acids is 1. The van der Waals surface area contributed by atoms with Gasteiger partial charge in [-0.25, -0.2) is 0 Å². The number of amides is 1. The van der Waals surface area contributed by atoms with Crippen molar-refractivity contribution < 1.29 is 14.7 Å². The lowest BCUT2D eigenvalue weighted by Crippen LogP contribution is -2.71. The average molecular weight is 242 g/mol. The molecular formula is C10H14N2O3S. The lowest BCUT2D eigenvalue weighted by molar-refractivity contribution is -0.153. The molecule has 16 heavy (non-hydrogen) atoms. The van der Waals surface area contributed by atoms with Crippen LogP contribution in [0.15, 0.2) is 12.2 Å². The predicted molar refractivity (Wildman–Crippen MR) is 60.8 cm³/mol. The highest BCUT2D eigenvalue weighted by Gasteiger charge is 2.54. The summed E-state index contributed by atoms with van der Waals surface area (Å²) in [7, 11) is 0. The molecule has 2 saturated heterocycles. The molecule has 2 fully saturated rings. The van der Waals surface area contributed by atoms with E-state index in [4.69, 9.17) is 5.73 Å². The number of nitrogens with zero attached hydrogens (tertiary/aromatic N) is 1. The summed E-state index contributed by atoms with van der Waals surface area (Å²) in [6.45, 7) is 2.02. The molecule has 0 aromatic heterocycles. The summed E-state index contributed by atoms with van der Waals surface area (Å²) in [5, 5.41) is 9.23. The van der Waals surface area contributed by atoms with Gasteiger partial charge in [-0.3, -0.25) is 9.59 Å². The SMILES string of the molecule is CC=CC1(C(=O)O)CS[C@@H]2C(N)C(=O)N2C1. The molecule has 2 heterocycles. The van der Waals surface area contributed by atoms with E-state index in [0.717, 1.165) is 0 Å². The summed E-state index contributed by atoms with van der Waals surface area (Å²) in [5.41, 5.74) is 4.69. The fraction of sp³-hybridized carbons (Fsp3) is 0.600. The minimum atomic E-state index is -0.953. The molecule has 5 nitrogen and oxygen atoms in total. The van der Waals surface area contributed by atoms with Crippen molar-refractivity contribution in [2.45, 2.75) is 18.3 Å². The van der Waals surface area contributed by atoms with Gasteiger partial charge in [0, 0.05) is 12.3 Å². The summed E-state index contributed by atoms with van der Waals surface area (Å²) >= 11 is 1.45. The number of carbonyl (C=O) groups excluding carboxylic acids is 1. The molecule has 0 radical (unpaired) electrons. The summed E-state index contributed by atoms with van der Waals surface area (Å²) in [4.78, 5) is 24.3.